The van der Waals surface area contributed by atoms with Crippen LogP contribution in [0.25, 0.3) is 11.4 Å². The van der Waals surface area contributed by atoms with Crippen LogP contribution in [-0.4, -0.2) is 79.6 Å². The van der Waals surface area contributed by atoms with E-state index in [1.807, 2.05) is 18.2 Å². The van der Waals surface area contributed by atoms with Crippen LogP contribution >= 0.6 is 0 Å². The molecule has 0 saturated carbocycles. The molecule has 4 rings (SSSR count). The van der Waals surface area contributed by atoms with Gasteiger partial charge in [0.1, 0.15) is 0 Å². The fourth-order valence-electron chi connectivity index (χ4n) is 4.14. The van der Waals surface area contributed by atoms with Gasteiger partial charge in [-0.05, 0) is 37.6 Å². The van der Waals surface area contributed by atoms with Gasteiger partial charge in [-0.3, -0.25) is 9.80 Å². The molecule has 0 spiro atoms. The van der Waals surface area contributed by atoms with Gasteiger partial charge in [-0.25, -0.2) is 0 Å². The fraction of sp³-hybridized carbons (Fsp3) is 0.619. The van der Waals surface area contributed by atoms with Crippen LogP contribution in [0.5, 0.6) is 11.5 Å². The first kappa shape index (κ1) is 20.1. The number of likely N-dealkylation sites (tertiary alicyclic amines) is 1. The van der Waals surface area contributed by atoms with Crippen molar-refractivity contribution in [2.24, 2.45) is 0 Å². The van der Waals surface area contributed by atoms with Gasteiger partial charge in [0.2, 0.25) is 11.7 Å². The van der Waals surface area contributed by atoms with E-state index in [-0.39, 0.29) is 0 Å². The van der Waals surface area contributed by atoms with Gasteiger partial charge in [0.05, 0.1) is 34.0 Å². The molecule has 0 aliphatic carbocycles. The fourth-order valence-corrected chi connectivity index (χ4v) is 4.14. The summed E-state index contributed by atoms with van der Waals surface area (Å²) in [5, 5.41) is 4.19. The summed E-state index contributed by atoms with van der Waals surface area (Å²) in [5.74, 6) is 2.56. The summed E-state index contributed by atoms with van der Waals surface area (Å²) >= 11 is 0. The molecule has 1 atom stereocenters. The Kier molecular flexibility index (Phi) is 6.63. The van der Waals surface area contributed by atoms with Gasteiger partial charge in [-0.1, -0.05) is 11.6 Å². The number of methoxy groups -OCH3 is 2. The Morgan fingerprint density at radius 2 is 1.90 bits per heavy atom. The highest BCUT2D eigenvalue weighted by Crippen LogP contribution is 2.31. The van der Waals surface area contributed by atoms with Crippen molar-refractivity contribution >= 4 is 0 Å². The second-order valence-electron chi connectivity index (χ2n) is 7.61. The summed E-state index contributed by atoms with van der Waals surface area (Å²) in [6.07, 6.45) is 3.72. The maximum absolute atomic E-state index is 5.58. The van der Waals surface area contributed by atoms with Crippen molar-refractivity contribution in [2.45, 2.75) is 31.8 Å². The standard InChI is InChI=1S/C21H30N4O4/c1-26-18-7-6-16(13-19(18)27-2)21-22-20(29-23-21)15-25-8-4-3-5-17(25)14-24-9-11-28-12-10-24/h6-7,13,17H,3-5,8-12,14-15H2,1-2H3. The molecular weight excluding hydrogens is 372 g/mol. The molecular formula is C21H30N4O4. The van der Waals surface area contributed by atoms with Crippen LogP contribution in [0.4, 0.5) is 0 Å². The molecule has 8 nitrogen and oxygen atoms in total. The third-order valence-electron chi connectivity index (χ3n) is 5.77. The van der Waals surface area contributed by atoms with Crippen LogP contribution in [0.15, 0.2) is 22.7 Å². The second kappa shape index (κ2) is 9.56. The van der Waals surface area contributed by atoms with Crippen molar-refractivity contribution in [3.05, 3.63) is 24.1 Å². The molecule has 0 N–H and O–H groups in total. The lowest BCUT2D eigenvalue weighted by Gasteiger charge is -2.39. The van der Waals surface area contributed by atoms with Gasteiger partial charge in [-0.2, -0.15) is 4.98 Å². The molecule has 2 aliphatic rings. The number of benzene rings is 1. The molecule has 29 heavy (non-hydrogen) atoms. The van der Waals surface area contributed by atoms with Gasteiger partial charge in [-0.15, -0.1) is 0 Å². The lowest BCUT2D eigenvalue weighted by atomic mass is 10.0. The molecule has 0 radical (unpaired) electrons. The minimum absolute atomic E-state index is 0.526. The van der Waals surface area contributed by atoms with E-state index < -0.39 is 0 Å². The van der Waals surface area contributed by atoms with Crippen LogP contribution in [0.2, 0.25) is 0 Å². The maximum atomic E-state index is 5.58. The molecule has 2 saturated heterocycles. The van der Waals surface area contributed by atoms with Crippen molar-refractivity contribution in [2.75, 3.05) is 53.6 Å². The highest BCUT2D eigenvalue weighted by Gasteiger charge is 2.27. The van der Waals surface area contributed by atoms with Gasteiger partial charge < -0.3 is 18.7 Å². The zero-order valence-electron chi connectivity index (χ0n) is 17.3. The largest absolute Gasteiger partial charge is 0.493 e. The number of rotatable bonds is 7. The molecule has 158 valence electrons. The van der Waals surface area contributed by atoms with Crippen LogP contribution in [-0.2, 0) is 11.3 Å². The lowest BCUT2D eigenvalue weighted by molar-refractivity contribution is 0.0136. The lowest BCUT2D eigenvalue weighted by Crippen LogP contribution is -2.49. The highest BCUT2D eigenvalue weighted by atomic mass is 16.5. The summed E-state index contributed by atoms with van der Waals surface area (Å²) < 4.78 is 21.7. The molecule has 2 aliphatic heterocycles. The Morgan fingerprint density at radius 1 is 1.07 bits per heavy atom. The predicted molar refractivity (Wildman–Crippen MR) is 108 cm³/mol. The Hall–Kier alpha value is -2.16. The van der Waals surface area contributed by atoms with Crippen molar-refractivity contribution in [1.82, 2.24) is 19.9 Å². The minimum atomic E-state index is 0.526. The number of hydrogen-bond acceptors (Lipinski definition) is 8. The van der Waals surface area contributed by atoms with Crippen molar-refractivity contribution in [3.8, 4) is 22.9 Å². The van der Waals surface area contributed by atoms with Crippen molar-refractivity contribution in [3.63, 3.8) is 0 Å². The second-order valence-corrected chi connectivity index (χ2v) is 7.61. The number of piperidine rings is 1. The summed E-state index contributed by atoms with van der Waals surface area (Å²) in [4.78, 5) is 9.64. The zero-order chi connectivity index (χ0) is 20.1. The summed E-state index contributed by atoms with van der Waals surface area (Å²) in [5.41, 5.74) is 0.848. The molecule has 1 aromatic carbocycles. The summed E-state index contributed by atoms with van der Waals surface area (Å²) in [6, 6.07) is 6.17. The number of aromatic nitrogens is 2. The van der Waals surface area contributed by atoms with Gasteiger partial charge in [0.15, 0.2) is 11.5 Å². The van der Waals surface area contributed by atoms with Crippen LogP contribution < -0.4 is 9.47 Å². The van der Waals surface area contributed by atoms with Gasteiger partial charge in [0.25, 0.3) is 0 Å². The monoisotopic (exact) mass is 402 g/mol. The number of morpholine rings is 1. The first-order chi connectivity index (χ1) is 14.3. The quantitative estimate of drug-likeness (QED) is 0.699. The first-order valence-electron chi connectivity index (χ1n) is 10.4. The Labute approximate surface area is 171 Å². The van der Waals surface area contributed by atoms with E-state index in [4.69, 9.17) is 18.7 Å². The Bertz CT molecular complexity index is 791. The molecule has 0 amide bonds. The number of ether oxygens (including phenoxy) is 3. The minimum Gasteiger partial charge on any atom is -0.493 e. The Balaban J connectivity index is 1.43. The van der Waals surface area contributed by atoms with E-state index in [2.05, 4.69) is 19.9 Å². The average Bonchev–Trinajstić information content (AvgIpc) is 3.24. The molecule has 0 bridgehead atoms. The van der Waals surface area contributed by atoms with E-state index in [9.17, 15) is 0 Å². The predicted octanol–water partition coefficient (Wildman–Crippen LogP) is 2.44. The number of hydrogen-bond donors (Lipinski definition) is 0. The van der Waals surface area contributed by atoms with Gasteiger partial charge in [0, 0.05) is 31.2 Å². The first-order valence-corrected chi connectivity index (χ1v) is 10.4. The molecule has 1 aromatic heterocycles. The zero-order valence-corrected chi connectivity index (χ0v) is 17.3. The molecule has 8 heteroatoms. The molecule has 3 heterocycles. The van der Waals surface area contributed by atoms with Gasteiger partial charge >= 0.3 is 0 Å². The summed E-state index contributed by atoms with van der Waals surface area (Å²) in [6.45, 7) is 6.57. The van der Waals surface area contributed by atoms with E-state index in [1.165, 1.54) is 19.3 Å². The summed E-state index contributed by atoms with van der Waals surface area (Å²) in [7, 11) is 3.24. The van der Waals surface area contributed by atoms with Crippen LogP contribution in [0, 0.1) is 0 Å². The van der Waals surface area contributed by atoms with Crippen molar-refractivity contribution in [1.29, 1.82) is 0 Å². The normalized spacial score (nSPS) is 21.2. The van der Waals surface area contributed by atoms with E-state index in [0.29, 0.717) is 35.8 Å². The van der Waals surface area contributed by atoms with Crippen molar-refractivity contribution < 1.29 is 18.7 Å². The van der Waals surface area contributed by atoms with Crippen LogP contribution in [0.1, 0.15) is 25.2 Å². The third kappa shape index (κ3) is 4.88. The topological polar surface area (TPSA) is 73.1 Å². The molecule has 2 aromatic rings. The highest BCUT2D eigenvalue weighted by molar-refractivity contribution is 5.60. The molecule has 2 fully saturated rings. The molecule has 1 unspecified atom stereocenters. The Morgan fingerprint density at radius 3 is 2.69 bits per heavy atom. The van der Waals surface area contributed by atoms with E-state index in [1.54, 1.807) is 14.2 Å². The third-order valence-corrected chi connectivity index (χ3v) is 5.77. The maximum Gasteiger partial charge on any atom is 0.241 e. The van der Waals surface area contributed by atoms with Crippen LogP contribution in [0.3, 0.4) is 0 Å². The smallest absolute Gasteiger partial charge is 0.241 e. The number of nitrogens with zero attached hydrogens (tertiary/aromatic N) is 4. The van der Waals surface area contributed by atoms with E-state index in [0.717, 1.165) is 45.0 Å². The SMILES string of the molecule is COc1ccc(-c2noc(CN3CCCCC3CN3CCOCC3)n2)cc1OC. The average molecular weight is 402 g/mol. The van der Waals surface area contributed by atoms with E-state index >= 15 is 0 Å².